The van der Waals surface area contributed by atoms with Crippen LogP contribution in [0, 0.1) is 6.92 Å². The standard InChI is InChI=1S/C18H23NO/c1-3-11-19-13-17-5-4-6-18(12-17)20-14-16-9-7-15(2)8-10-16/h4-10,12,19H,3,11,13-14H2,1-2H3. The largest absolute Gasteiger partial charge is 0.489 e. The van der Waals surface area contributed by atoms with Crippen LogP contribution in [0.25, 0.3) is 0 Å². The summed E-state index contributed by atoms with van der Waals surface area (Å²) in [5, 5.41) is 3.40. The first-order chi connectivity index (χ1) is 9.78. The van der Waals surface area contributed by atoms with Gasteiger partial charge in [0.15, 0.2) is 0 Å². The highest BCUT2D eigenvalue weighted by Gasteiger charge is 1.98. The van der Waals surface area contributed by atoms with Crippen LogP contribution < -0.4 is 10.1 Å². The summed E-state index contributed by atoms with van der Waals surface area (Å²) in [7, 11) is 0. The fraction of sp³-hybridized carbons (Fsp3) is 0.333. The Hall–Kier alpha value is -1.80. The van der Waals surface area contributed by atoms with Crippen molar-refractivity contribution < 1.29 is 4.74 Å². The average Bonchev–Trinajstić information content (AvgIpc) is 2.47. The molecule has 20 heavy (non-hydrogen) atoms. The van der Waals surface area contributed by atoms with Crippen molar-refractivity contribution in [2.24, 2.45) is 0 Å². The molecule has 0 unspecified atom stereocenters. The first kappa shape index (κ1) is 14.6. The van der Waals surface area contributed by atoms with E-state index in [1.54, 1.807) is 0 Å². The average molecular weight is 269 g/mol. The van der Waals surface area contributed by atoms with Gasteiger partial charge in [0.2, 0.25) is 0 Å². The maximum absolute atomic E-state index is 5.85. The van der Waals surface area contributed by atoms with Crippen molar-refractivity contribution >= 4 is 0 Å². The second kappa shape index (κ2) is 7.71. The van der Waals surface area contributed by atoms with Gasteiger partial charge in [-0.25, -0.2) is 0 Å². The number of ether oxygens (including phenoxy) is 1. The van der Waals surface area contributed by atoms with Gasteiger partial charge in [-0.05, 0) is 43.1 Å². The summed E-state index contributed by atoms with van der Waals surface area (Å²) in [6.45, 7) is 6.83. The van der Waals surface area contributed by atoms with Crippen molar-refractivity contribution in [1.29, 1.82) is 0 Å². The zero-order valence-electron chi connectivity index (χ0n) is 12.4. The predicted molar refractivity (Wildman–Crippen MR) is 84.0 cm³/mol. The minimum Gasteiger partial charge on any atom is -0.489 e. The Morgan fingerprint density at radius 2 is 1.80 bits per heavy atom. The van der Waals surface area contributed by atoms with Gasteiger partial charge in [0.1, 0.15) is 12.4 Å². The summed E-state index contributed by atoms with van der Waals surface area (Å²) >= 11 is 0. The Morgan fingerprint density at radius 3 is 2.55 bits per heavy atom. The van der Waals surface area contributed by atoms with Crippen LogP contribution >= 0.6 is 0 Å². The highest BCUT2D eigenvalue weighted by atomic mass is 16.5. The molecule has 0 saturated heterocycles. The molecule has 0 heterocycles. The number of hydrogen-bond donors (Lipinski definition) is 1. The molecule has 0 radical (unpaired) electrons. The second-order valence-electron chi connectivity index (χ2n) is 5.10. The van der Waals surface area contributed by atoms with Gasteiger partial charge in [0, 0.05) is 6.54 Å². The Kier molecular flexibility index (Phi) is 5.63. The van der Waals surface area contributed by atoms with Crippen LogP contribution in [0.4, 0.5) is 0 Å². The molecule has 0 spiro atoms. The normalized spacial score (nSPS) is 10.5. The van der Waals surface area contributed by atoms with E-state index >= 15 is 0 Å². The number of aryl methyl sites for hydroxylation is 1. The highest BCUT2D eigenvalue weighted by molar-refractivity contribution is 5.29. The third kappa shape index (κ3) is 4.71. The molecule has 0 aliphatic carbocycles. The molecule has 0 saturated carbocycles. The van der Waals surface area contributed by atoms with Crippen LogP contribution in [-0.4, -0.2) is 6.54 Å². The molecular formula is C18H23NO. The lowest BCUT2D eigenvalue weighted by Gasteiger charge is -2.09. The van der Waals surface area contributed by atoms with Crippen LogP contribution in [-0.2, 0) is 13.2 Å². The van der Waals surface area contributed by atoms with Crippen molar-refractivity contribution in [1.82, 2.24) is 5.32 Å². The highest BCUT2D eigenvalue weighted by Crippen LogP contribution is 2.15. The van der Waals surface area contributed by atoms with Crippen molar-refractivity contribution in [2.45, 2.75) is 33.4 Å². The summed E-state index contributed by atoms with van der Waals surface area (Å²) in [6, 6.07) is 16.8. The summed E-state index contributed by atoms with van der Waals surface area (Å²) in [5.74, 6) is 0.932. The van der Waals surface area contributed by atoms with E-state index in [4.69, 9.17) is 4.74 Å². The molecule has 1 N–H and O–H groups in total. The lowest BCUT2D eigenvalue weighted by molar-refractivity contribution is 0.306. The van der Waals surface area contributed by atoms with Gasteiger partial charge in [-0.1, -0.05) is 48.9 Å². The van der Waals surface area contributed by atoms with Gasteiger partial charge in [0.25, 0.3) is 0 Å². The quantitative estimate of drug-likeness (QED) is 0.765. The molecule has 0 fully saturated rings. The van der Waals surface area contributed by atoms with Crippen molar-refractivity contribution in [2.75, 3.05) is 6.54 Å². The smallest absolute Gasteiger partial charge is 0.120 e. The molecule has 0 aliphatic rings. The third-order valence-corrected chi connectivity index (χ3v) is 3.18. The molecule has 0 bridgehead atoms. The molecule has 2 aromatic rings. The topological polar surface area (TPSA) is 21.3 Å². The first-order valence-corrected chi connectivity index (χ1v) is 7.26. The van der Waals surface area contributed by atoms with Crippen molar-refractivity contribution in [3.8, 4) is 5.75 Å². The monoisotopic (exact) mass is 269 g/mol. The second-order valence-corrected chi connectivity index (χ2v) is 5.10. The maximum atomic E-state index is 5.85. The number of benzene rings is 2. The van der Waals surface area contributed by atoms with Gasteiger partial charge >= 0.3 is 0 Å². The van der Waals surface area contributed by atoms with Crippen molar-refractivity contribution in [3.63, 3.8) is 0 Å². The van der Waals surface area contributed by atoms with Gasteiger partial charge < -0.3 is 10.1 Å². The first-order valence-electron chi connectivity index (χ1n) is 7.26. The Labute approximate surface area is 121 Å². The van der Waals surface area contributed by atoms with Crippen molar-refractivity contribution in [3.05, 3.63) is 65.2 Å². The summed E-state index contributed by atoms with van der Waals surface area (Å²) in [4.78, 5) is 0. The van der Waals surface area contributed by atoms with E-state index in [1.165, 1.54) is 16.7 Å². The zero-order valence-corrected chi connectivity index (χ0v) is 12.4. The van der Waals surface area contributed by atoms with E-state index < -0.39 is 0 Å². The van der Waals surface area contributed by atoms with Crippen LogP contribution in [0.15, 0.2) is 48.5 Å². The molecule has 0 atom stereocenters. The van der Waals surface area contributed by atoms with E-state index in [-0.39, 0.29) is 0 Å². The number of rotatable bonds is 7. The Bertz CT molecular complexity index is 519. The summed E-state index contributed by atoms with van der Waals surface area (Å²) in [6.07, 6.45) is 1.16. The van der Waals surface area contributed by atoms with Crippen LogP contribution in [0.3, 0.4) is 0 Å². The minimum absolute atomic E-state index is 0.617. The summed E-state index contributed by atoms with van der Waals surface area (Å²) < 4.78 is 5.85. The molecular weight excluding hydrogens is 246 g/mol. The molecule has 0 aromatic heterocycles. The van der Waals surface area contributed by atoms with Gasteiger partial charge in [-0.15, -0.1) is 0 Å². The molecule has 2 nitrogen and oxygen atoms in total. The van der Waals surface area contributed by atoms with Crippen LogP contribution in [0.5, 0.6) is 5.75 Å². The Balaban J connectivity index is 1.89. The van der Waals surface area contributed by atoms with Gasteiger partial charge in [-0.3, -0.25) is 0 Å². The molecule has 106 valence electrons. The molecule has 2 aromatic carbocycles. The SMILES string of the molecule is CCCNCc1cccc(OCc2ccc(C)cc2)c1. The summed E-state index contributed by atoms with van der Waals surface area (Å²) in [5.41, 5.74) is 3.74. The number of nitrogens with one attached hydrogen (secondary N) is 1. The molecule has 0 amide bonds. The fourth-order valence-electron chi connectivity index (χ4n) is 2.01. The number of hydrogen-bond acceptors (Lipinski definition) is 2. The fourth-order valence-corrected chi connectivity index (χ4v) is 2.01. The van der Waals surface area contributed by atoms with E-state index in [2.05, 4.69) is 55.6 Å². The van der Waals surface area contributed by atoms with E-state index in [1.807, 2.05) is 12.1 Å². The lowest BCUT2D eigenvalue weighted by Crippen LogP contribution is -2.13. The molecule has 2 heteroatoms. The van der Waals surface area contributed by atoms with E-state index in [0.717, 1.165) is 25.3 Å². The van der Waals surface area contributed by atoms with E-state index in [0.29, 0.717) is 6.61 Å². The van der Waals surface area contributed by atoms with Crippen LogP contribution in [0.1, 0.15) is 30.0 Å². The zero-order chi connectivity index (χ0) is 14.2. The minimum atomic E-state index is 0.617. The Morgan fingerprint density at radius 1 is 1.00 bits per heavy atom. The predicted octanol–water partition coefficient (Wildman–Crippen LogP) is 4.07. The lowest BCUT2D eigenvalue weighted by atomic mass is 10.2. The molecule has 2 rings (SSSR count). The van der Waals surface area contributed by atoms with Crippen LogP contribution in [0.2, 0.25) is 0 Å². The van der Waals surface area contributed by atoms with Gasteiger partial charge in [0.05, 0.1) is 0 Å². The van der Waals surface area contributed by atoms with E-state index in [9.17, 15) is 0 Å². The van der Waals surface area contributed by atoms with Gasteiger partial charge in [-0.2, -0.15) is 0 Å². The maximum Gasteiger partial charge on any atom is 0.120 e. The molecule has 0 aliphatic heterocycles. The third-order valence-electron chi connectivity index (χ3n) is 3.18.